The van der Waals surface area contributed by atoms with E-state index in [-0.39, 0.29) is 5.66 Å². The zero-order valence-corrected chi connectivity index (χ0v) is 16.4. The van der Waals surface area contributed by atoms with E-state index in [4.69, 9.17) is 0 Å². The van der Waals surface area contributed by atoms with Crippen molar-refractivity contribution in [3.8, 4) is 0 Å². The first-order chi connectivity index (χ1) is 13.1. The zero-order chi connectivity index (χ0) is 18.6. The van der Waals surface area contributed by atoms with Crippen LogP contribution in [0.5, 0.6) is 0 Å². The van der Waals surface area contributed by atoms with Gasteiger partial charge in [0.25, 0.3) is 0 Å². The van der Waals surface area contributed by atoms with E-state index in [9.17, 15) is 4.57 Å². The lowest BCUT2D eigenvalue weighted by Gasteiger charge is -2.25. The van der Waals surface area contributed by atoms with Crippen molar-refractivity contribution in [2.75, 3.05) is 0 Å². The fourth-order valence-electron chi connectivity index (χ4n) is 4.37. The summed E-state index contributed by atoms with van der Waals surface area (Å²) in [6.07, 6.45) is 0. The molecule has 1 unspecified atom stereocenters. The molecule has 0 aliphatic heterocycles. The van der Waals surface area contributed by atoms with Gasteiger partial charge in [0.2, 0.25) is 0 Å². The van der Waals surface area contributed by atoms with Crippen molar-refractivity contribution in [3.05, 3.63) is 84.9 Å². The molecule has 0 heterocycles. The maximum Gasteiger partial charge on any atom is 0.146 e. The Balaban J connectivity index is 1.95. The van der Waals surface area contributed by atoms with Crippen molar-refractivity contribution in [1.29, 1.82) is 0 Å². The highest BCUT2D eigenvalue weighted by Gasteiger charge is 2.33. The van der Waals surface area contributed by atoms with Gasteiger partial charge in [0.1, 0.15) is 7.14 Å². The first-order valence-electron chi connectivity index (χ1n) is 9.43. The van der Waals surface area contributed by atoms with E-state index in [1.165, 1.54) is 26.9 Å². The van der Waals surface area contributed by atoms with Gasteiger partial charge in [-0.1, -0.05) is 92.7 Å². The van der Waals surface area contributed by atoms with E-state index in [0.29, 0.717) is 0 Å². The van der Waals surface area contributed by atoms with Crippen LogP contribution in [0.4, 0.5) is 0 Å². The van der Waals surface area contributed by atoms with E-state index in [1.54, 1.807) is 0 Å². The van der Waals surface area contributed by atoms with Gasteiger partial charge in [-0.2, -0.15) is 0 Å². The number of rotatable bonds is 3. The summed E-state index contributed by atoms with van der Waals surface area (Å²) in [5.74, 6) is 0. The second kappa shape index (κ2) is 5.94. The molecule has 0 saturated heterocycles. The van der Waals surface area contributed by atoms with Crippen molar-refractivity contribution < 1.29 is 4.57 Å². The summed E-state index contributed by atoms with van der Waals surface area (Å²) < 4.78 is 14.5. The van der Waals surface area contributed by atoms with Crippen molar-refractivity contribution in [2.24, 2.45) is 0 Å². The van der Waals surface area contributed by atoms with Crippen LogP contribution in [0.15, 0.2) is 84.9 Å². The Kier molecular flexibility index (Phi) is 3.64. The van der Waals surface area contributed by atoms with Crippen LogP contribution in [-0.2, 0) is 4.57 Å². The van der Waals surface area contributed by atoms with Gasteiger partial charge >= 0.3 is 0 Å². The lowest BCUT2D eigenvalue weighted by atomic mass is 9.94. The monoisotopic (exact) mass is 368 g/mol. The molecule has 0 aliphatic rings. The maximum absolute atomic E-state index is 14.5. The molecule has 1 nitrogen and oxygen atoms in total. The third-order valence-electron chi connectivity index (χ3n) is 5.73. The highest BCUT2D eigenvalue weighted by Crippen LogP contribution is 2.50. The van der Waals surface area contributed by atoms with Crippen molar-refractivity contribution in [1.82, 2.24) is 0 Å². The Morgan fingerprint density at radius 2 is 1.22 bits per heavy atom. The molecule has 1 atom stereocenters. The van der Waals surface area contributed by atoms with Gasteiger partial charge in [0.15, 0.2) is 0 Å². The molecule has 5 rings (SSSR count). The molecular weight excluding hydrogens is 347 g/mol. The summed E-state index contributed by atoms with van der Waals surface area (Å²) in [6, 6.07) is 29.3. The van der Waals surface area contributed by atoms with Crippen LogP contribution >= 0.6 is 7.14 Å². The summed E-state index contributed by atoms with van der Waals surface area (Å²) in [5.41, 5.74) is 0.0402. The van der Waals surface area contributed by atoms with E-state index in [1.807, 2.05) is 30.3 Å². The summed E-state index contributed by atoms with van der Waals surface area (Å²) in [5, 5.41) is 9.24. The van der Waals surface area contributed by atoms with Crippen molar-refractivity contribution >= 4 is 50.1 Å². The molecule has 5 aromatic carbocycles. The van der Waals surface area contributed by atoms with Gasteiger partial charge in [0, 0.05) is 16.3 Å². The second-order valence-electron chi connectivity index (χ2n) is 7.53. The third-order valence-corrected chi connectivity index (χ3v) is 9.36. The van der Waals surface area contributed by atoms with Gasteiger partial charge in [-0.25, -0.2) is 0 Å². The van der Waals surface area contributed by atoms with E-state index >= 15 is 0 Å². The Morgan fingerprint density at radius 3 is 1.89 bits per heavy atom. The lowest BCUT2D eigenvalue weighted by molar-refractivity contribution is 0.582. The molecule has 0 fully saturated rings. The van der Waals surface area contributed by atoms with Crippen LogP contribution in [0.3, 0.4) is 0 Å². The quantitative estimate of drug-likeness (QED) is 0.269. The topological polar surface area (TPSA) is 17.1 Å². The van der Waals surface area contributed by atoms with Gasteiger partial charge in [-0.3, -0.25) is 0 Å². The average molecular weight is 368 g/mol. The predicted octanol–water partition coefficient (Wildman–Crippen LogP) is 6.31. The Labute approximate surface area is 159 Å². The van der Waals surface area contributed by atoms with Crippen LogP contribution in [-0.4, -0.2) is 5.66 Å². The van der Waals surface area contributed by atoms with Gasteiger partial charge in [0.05, 0.1) is 0 Å². The predicted molar refractivity (Wildman–Crippen MR) is 119 cm³/mol. The number of hydrogen-bond donors (Lipinski definition) is 0. The first-order valence-corrected chi connectivity index (χ1v) is 11.2. The minimum Gasteiger partial charge on any atom is -0.313 e. The van der Waals surface area contributed by atoms with Crippen LogP contribution in [0.25, 0.3) is 32.3 Å². The minimum atomic E-state index is -2.75. The number of benzene rings is 5. The first kappa shape index (κ1) is 16.5. The summed E-state index contributed by atoms with van der Waals surface area (Å²) >= 11 is 0. The fourth-order valence-corrected chi connectivity index (χ4v) is 7.26. The standard InChI is InChI=1S/C25H21OP/c1-17(2)27(26,21-9-4-3-5-10-21)23-16-14-20-12-11-18-7-6-8-19-13-15-22(23)25(20)24(18)19/h3-17H,1-2H3. The molecule has 27 heavy (non-hydrogen) atoms. The van der Waals surface area contributed by atoms with Crippen LogP contribution < -0.4 is 10.6 Å². The highest BCUT2D eigenvalue weighted by atomic mass is 31.2. The Hall–Kier alpha value is -2.63. The summed E-state index contributed by atoms with van der Waals surface area (Å²) in [4.78, 5) is 0. The Bertz CT molecular complexity index is 1300. The van der Waals surface area contributed by atoms with E-state index in [0.717, 1.165) is 16.0 Å². The molecule has 0 radical (unpaired) electrons. The molecule has 2 heteroatoms. The van der Waals surface area contributed by atoms with Crippen LogP contribution in [0.1, 0.15) is 13.8 Å². The lowest BCUT2D eigenvalue weighted by Crippen LogP contribution is -2.23. The van der Waals surface area contributed by atoms with Crippen molar-refractivity contribution in [3.63, 3.8) is 0 Å². The second-order valence-corrected chi connectivity index (χ2v) is 10.9. The Morgan fingerprint density at radius 1 is 0.630 bits per heavy atom. The minimum absolute atomic E-state index is 0.0402. The fraction of sp³-hybridized carbons (Fsp3) is 0.120. The highest BCUT2D eigenvalue weighted by molar-refractivity contribution is 7.79. The maximum atomic E-state index is 14.5. The van der Waals surface area contributed by atoms with Crippen LogP contribution in [0, 0.1) is 0 Å². The molecule has 0 aliphatic carbocycles. The average Bonchev–Trinajstić information content (AvgIpc) is 2.72. The van der Waals surface area contributed by atoms with Gasteiger partial charge < -0.3 is 4.57 Å². The van der Waals surface area contributed by atoms with E-state index < -0.39 is 7.14 Å². The smallest absolute Gasteiger partial charge is 0.146 e. The molecule has 0 N–H and O–H groups in total. The van der Waals surface area contributed by atoms with Crippen molar-refractivity contribution in [2.45, 2.75) is 19.5 Å². The normalized spacial score (nSPS) is 14.3. The number of hydrogen-bond acceptors (Lipinski definition) is 1. The molecular formula is C25H21OP. The summed E-state index contributed by atoms with van der Waals surface area (Å²) in [6.45, 7) is 4.15. The third kappa shape index (κ3) is 2.28. The molecule has 5 aromatic rings. The molecule has 0 spiro atoms. The molecule has 0 amide bonds. The van der Waals surface area contributed by atoms with Gasteiger partial charge in [-0.15, -0.1) is 0 Å². The molecule has 132 valence electrons. The van der Waals surface area contributed by atoms with Gasteiger partial charge in [-0.05, 0) is 38.4 Å². The molecule has 0 saturated carbocycles. The molecule has 0 bridgehead atoms. The van der Waals surface area contributed by atoms with Crippen LogP contribution in [0.2, 0.25) is 0 Å². The largest absolute Gasteiger partial charge is 0.313 e. The van der Waals surface area contributed by atoms with E-state index in [2.05, 4.69) is 68.4 Å². The zero-order valence-electron chi connectivity index (χ0n) is 15.5. The molecule has 0 aromatic heterocycles. The SMILES string of the molecule is CC(C)P(=O)(c1ccccc1)c1ccc2ccc3cccc4ccc1c2c34. The summed E-state index contributed by atoms with van der Waals surface area (Å²) in [7, 11) is -2.75.